The van der Waals surface area contributed by atoms with Crippen molar-refractivity contribution in [3.05, 3.63) is 11.3 Å². The number of hydrogen-bond acceptors (Lipinski definition) is 8. The van der Waals surface area contributed by atoms with Crippen LogP contribution in [0.25, 0.3) is 0 Å². The molecule has 0 spiro atoms. The summed E-state index contributed by atoms with van der Waals surface area (Å²) in [5, 5.41) is 8.93. The van der Waals surface area contributed by atoms with Crippen LogP contribution >= 0.6 is 46.5 Å². The maximum atomic E-state index is 5.96. The Morgan fingerprint density at radius 3 is 2.75 bits per heavy atom. The highest BCUT2D eigenvalue weighted by Crippen LogP contribution is 2.36. The predicted octanol–water partition coefficient (Wildman–Crippen LogP) is 2.44. The third kappa shape index (κ3) is 2.57. The van der Waals surface area contributed by atoms with Gasteiger partial charge in [-0.25, -0.2) is 9.97 Å². The first kappa shape index (κ1) is 11.9. The average molecular weight is 292 g/mol. The highest BCUT2D eigenvalue weighted by molar-refractivity contribution is 8.03. The SMILES string of the molecule is CSc1nnc(Sc2ncnc(N)c2Cl)s1. The number of hydrogen-bond donors (Lipinski definition) is 1. The molecular formula is C7H6ClN5S3. The molecule has 2 heterocycles. The molecule has 0 unspecified atom stereocenters. The molecule has 9 heteroatoms. The Labute approximate surface area is 109 Å². The topological polar surface area (TPSA) is 77.6 Å². The van der Waals surface area contributed by atoms with E-state index < -0.39 is 0 Å². The summed E-state index contributed by atoms with van der Waals surface area (Å²) in [5.41, 5.74) is 5.57. The highest BCUT2D eigenvalue weighted by atomic mass is 35.5. The van der Waals surface area contributed by atoms with Crippen molar-refractivity contribution in [1.29, 1.82) is 0 Å². The molecule has 0 aliphatic heterocycles. The zero-order valence-corrected chi connectivity index (χ0v) is 11.3. The highest BCUT2D eigenvalue weighted by Gasteiger charge is 2.11. The fourth-order valence-electron chi connectivity index (χ4n) is 0.841. The second-order valence-electron chi connectivity index (χ2n) is 2.52. The van der Waals surface area contributed by atoms with Crippen molar-refractivity contribution < 1.29 is 0 Å². The summed E-state index contributed by atoms with van der Waals surface area (Å²) in [5.74, 6) is 0.272. The summed E-state index contributed by atoms with van der Waals surface area (Å²) in [7, 11) is 0. The van der Waals surface area contributed by atoms with E-state index in [2.05, 4.69) is 20.2 Å². The fraction of sp³-hybridized carbons (Fsp3) is 0.143. The number of thioether (sulfide) groups is 1. The molecule has 0 saturated heterocycles. The van der Waals surface area contributed by atoms with Gasteiger partial charge in [-0.2, -0.15) is 0 Å². The molecule has 0 amide bonds. The van der Waals surface area contributed by atoms with Crippen LogP contribution in [0.5, 0.6) is 0 Å². The van der Waals surface area contributed by atoms with Gasteiger partial charge in [0.25, 0.3) is 0 Å². The lowest BCUT2D eigenvalue weighted by molar-refractivity contribution is 0.952. The molecule has 2 rings (SSSR count). The lowest BCUT2D eigenvalue weighted by Gasteiger charge is -2.00. The molecule has 0 saturated carbocycles. The molecule has 16 heavy (non-hydrogen) atoms. The minimum Gasteiger partial charge on any atom is -0.382 e. The van der Waals surface area contributed by atoms with Gasteiger partial charge in [-0.1, -0.05) is 34.7 Å². The van der Waals surface area contributed by atoms with Gasteiger partial charge in [0.2, 0.25) is 0 Å². The lowest BCUT2D eigenvalue weighted by atomic mass is 10.6. The molecule has 2 N–H and O–H groups in total. The van der Waals surface area contributed by atoms with E-state index in [0.717, 1.165) is 8.68 Å². The van der Waals surface area contributed by atoms with Crippen LogP contribution in [-0.2, 0) is 0 Å². The van der Waals surface area contributed by atoms with E-state index in [1.165, 1.54) is 29.4 Å². The van der Waals surface area contributed by atoms with Crippen molar-refractivity contribution in [1.82, 2.24) is 20.2 Å². The molecule has 0 aromatic carbocycles. The van der Waals surface area contributed by atoms with Gasteiger partial charge >= 0.3 is 0 Å². The summed E-state index contributed by atoms with van der Waals surface area (Å²) in [6.45, 7) is 0. The van der Waals surface area contributed by atoms with E-state index in [9.17, 15) is 0 Å². The lowest BCUT2D eigenvalue weighted by Crippen LogP contribution is -1.94. The third-order valence-corrected chi connectivity index (χ3v) is 4.97. The van der Waals surface area contributed by atoms with Crippen LogP contribution in [0.15, 0.2) is 20.0 Å². The second kappa shape index (κ2) is 5.17. The van der Waals surface area contributed by atoms with E-state index in [4.69, 9.17) is 17.3 Å². The Hall–Kier alpha value is -0.570. The molecule has 0 fully saturated rings. The predicted molar refractivity (Wildman–Crippen MR) is 67.3 cm³/mol. The van der Waals surface area contributed by atoms with Crippen LogP contribution in [-0.4, -0.2) is 26.4 Å². The Morgan fingerprint density at radius 1 is 1.31 bits per heavy atom. The van der Waals surface area contributed by atoms with E-state index in [1.54, 1.807) is 11.8 Å². The normalized spacial score (nSPS) is 10.6. The minimum absolute atomic E-state index is 0.272. The molecule has 2 aromatic heterocycles. The number of nitrogens with two attached hydrogens (primary N) is 1. The number of anilines is 1. The molecule has 2 aromatic rings. The summed E-state index contributed by atoms with van der Waals surface area (Å²) in [4.78, 5) is 7.83. The zero-order valence-electron chi connectivity index (χ0n) is 8.05. The molecule has 0 aliphatic carbocycles. The molecule has 0 atom stereocenters. The van der Waals surface area contributed by atoms with Crippen molar-refractivity contribution in [3.63, 3.8) is 0 Å². The summed E-state index contributed by atoms with van der Waals surface area (Å²) < 4.78 is 1.69. The van der Waals surface area contributed by atoms with Crippen molar-refractivity contribution in [2.75, 3.05) is 12.0 Å². The van der Waals surface area contributed by atoms with Gasteiger partial charge in [0.05, 0.1) is 0 Å². The van der Waals surface area contributed by atoms with Gasteiger partial charge < -0.3 is 5.73 Å². The quantitative estimate of drug-likeness (QED) is 0.687. The van der Waals surface area contributed by atoms with Crippen LogP contribution in [0.2, 0.25) is 5.02 Å². The van der Waals surface area contributed by atoms with Crippen LogP contribution < -0.4 is 5.73 Å². The standard InChI is InChI=1S/C7H6ClN5S3/c1-14-6-12-13-7(16-6)15-5-3(8)4(9)10-2-11-5/h2H,1H3,(H2,9,10,11). The van der Waals surface area contributed by atoms with Gasteiger partial charge in [0.15, 0.2) is 8.68 Å². The van der Waals surface area contributed by atoms with Gasteiger partial charge in [0, 0.05) is 0 Å². The third-order valence-electron chi connectivity index (χ3n) is 1.53. The van der Waals surface area contributed by atoms with E-state index in [0.29, 0.717) is 10.0 Å². The van der Waals surface area contributed by atoms with E-state index in [-0.39, 0.29) is 5.82 Å². The smallest absolute Gasteiger partial charge is 0.181 e. The number of rotatable bonds is 3. The molecule has 0 bridgehead atoms. The van der Waals surface area contributed by atoms with Gasteiger partial charge in [-0.05, 0) is 18.0 Å². The van der Waals surface area contributed by atoms with Crippen molar-refractivity contribution in [2.45, 2.75) is 13.7 Å². The molecule has 0 aliphatic rings. The number of nitrogen functional groups attached to an aromatic ring is 1. The van der Waals surface area contributed by atoms with E-state index >= 15 is 0 Å². The molecule has 84 valence electrons. The molecule has 0 radical (unpaired) electrons. The van der Waals surface area contributed by atoms with Crippen LogP contribution in [0, 0.1) is 0 Å². The first-order chi connectivity index (χ1) is 7.70. The Bertz CT molecular complexity index is 503. The van der Waals surface area contributed by atoms with Crippen LogP contribution in [0.4, 0.5) is 5.82 Å². The number of nitrogens with zero attached hydrogens (tertiary/aromatic N) is 4. The maximum absolute atomic E-state index is 5.96. The Kier molecular flexibility index (Phi) is 3.85. The van der Waals surface area contributed by atoms with Gasteiger partial charge in [-0.15, -0.1) is 10.2 Å². The average Bonchev–Trinajstić information content (AvgIpc) is 2.73. The largest absolute Gasteiger partial charge is 0.382 e. The Balaban J connectivity index is 2.23. The first-order valence-corrected chi connectivity index (χ1v) is 7.25. The van der Waals surface area contributed by atoms with Crippen LogP contribution in [0.3, 0.4) is 0 Å². The fourth-order valence-corrected chi connectivity index (χ4v) is 3.40. The van der Waals surface area contributed by atoms with Gasteiger partial charge in [0.1, 0.15) is 22.2 Å². The second-order valence-corrected chi connectivity index (χ2v) is 6.16. The van der Waals surface area contributed by atoms with Gasteiger partial charge in [-0.3, -0.25) is 0 Å². The monoisotopic (exact) mass is 291 g/mol. The summed E-state index contributed by atoms with van der Waals surface area (Å²) in [6.07, 6.45) is 3.32. The number of halogens is 1. The van der Waals surface area contributed by atoms with Crippen LogP contribution in [0.1, 0.15) is 0 Å². The maximum Gasteiger partial charge on any atom is 0.181 e. The number of aromatic nitrogens is 4. The summed E-state index contributed by atoms with van der Waals surface area (Å²) >= 11 is 10.3. The summed E-state index contributed by atoms with van der Waals surface area (Å²) in [6, 6.07) is 0. The van der Waals surface area contributed by atoms with E-state index in [1.807, 2.05) is 6.26 Å². The molecular weight excluding hydrogens is 286 g/mol. The first-order valence-electron chi connectivity index (χ1n) is 4.02. The van der Waals surface area contributed by atoms with Crippen molar-refractivity contribution in [3.8, 4) is 0 Å². The Morgan fingerprint density at radius 2 is 2.06 bits per heavy atom. The minimum atomic E-state index is 0.272. The van der Waals surface area contributed by atoms with Crippen molar-refractivity contribution >= 4 is 52.3 Å². The van der Waals surface area contributed by atoms with Crippen molar-refractivity contribution in [2.24, 2.45) is 0 Å². The molecule has 5 nitrogen and oxygen atoms in total. The zero-order chi connectivity index (χ0) is 11.5.